The van der Waals surface area contributed by atoms with Gasteiger partial charge in [-0.3, -0.25) is 14.8 Å². The summed E-state index contributed by atoms with van der Waals surface area (Å²) < 4.78 is 26.1. The summed E-state index contributed by atoms with van der Waals surface area (Å²) in [5, 5.41) is 4.38. The SMILES string of the molecule is CC(C)(C)[Si](OCCc1ncccc1C(=O)OC[C@@H]1COCCN1C(=O)c1cccnc1CCO[Si](c1ccccc1)(c1ccccc1)C(C)(C)C)(c1ccccc1)c1ccccc1. The van der Waals surface area contributed by atoms with Crippen LogP contribution in [0.5, 0.6) is 0 Å². The normalized spacial score (nSPS) is 14.8. The topological polar surface area (TPSA) is 100 Å². The molecule has 0 saturated carbocycles. The van der Waals surface area contributed by atoms with Crippen LogP contribution in [0.2, 0.25) is 10.1 Å². The molecule has 0 bridgehead atoms. The molecule has 0 spiro atoms. The summed E-state index contributed by atoms with van der Waals surface area (Å²) >= 11 is 0. The first-order chi connectivity index (χ1) is 30.9. The number of aromatic nitrogens is 2. The van der Waals surface area contributed by atoms with Crippen LogP contribution in [0.15, 0.2) is 158 Å². The quantitative estimate of drug-likeness (QED) is 0.0733. The molecule has 0 unspecified atom stereocenters. The van der Waals surface area contributed by atoms with Gasteiger partial charge in [0, 0.05) is 45.0 Å². The van der Waals surface area contributed by atoms with Crippen LogP contribution in [0.1, 0.15) is 73.6 Å². The van der Waals surface area contributed by atoms with Gasteiger partial charge in [0.15, 0.2) is 0 Å². The number of benzene rings is 4. The van der Waals surface area contributed by atoms with Gasteiger partial charge in [-0.25, -0.2) is 4.79 Å². The third-order valence-corrected chi connectivity index (χ3v) is 22.4. The highest BCUT2D eigenvalue weighted by molar-refractivity contribution is 7.00. The molecule has 64 heavy (non-hydrogen) atoms. The van der Waals surface area contributed by atoms with Gasteiger partial charge < -0.3 is 23.2 Å². The van der Waals surface area contributed by atoms with Crippen molar-refractivity contribution < 1.29 is 27.9 Å². The summed E-state index contributed by atoms with van der Waals surface area (Å²) in [7, 11) is -5.59. The molecule has 0 aliphatic carbocycles. The molecule has 1 atom stereocenters. The maximum absolute atomic E-state index is 14.5. The van der Waals surface area contributed by atoms with Gasteiger partial charge in [0.05, 0.1) is 41.8 Å². The van der Waals surface area contributed by atoms with E-state index >= 15 is 0 Å². The lowest BCUT2D eigenvalue weighted by Crippen LogP contribution is -2.66. The minimum Gasteiger partial charge on any atom is -0.460 e. The van der Waals surface area contributed by atoms with Crippen LogP contribution >= 0.6 is 0 Å². The van der Waals surface area contributed by atoms with Crippen LogP contribution in [0.4, 0.5) is 0 Å². The third-order valence-electron chi connectivity index (χ3n) is 12.3. The highest BCUT2D eigenvalue weighted by Crippen LogP contribution is 2.38. The molecule has 1 fully saturated rings. The van der Waals surface area contributed by atoms with Crippen LogP contribution < -0.4 is 20.7 Å². The number of morpholine rings is 1. The summed E-state index contributed by atoms with van der Waals surface area (Å²) in [4.78, 5) is 39.5. The average Bonchev–Trinajstić information content (AvgIpc) is 3.31. The Labute approximate surface area is 381 Å². The number of hydrogen-bond acceptors (Lipinski definition) is 8. The molecule has 332 valence electrons. The summed E-state index contributed by atoms with van der Waals surface area (Å²) in [5.74, 6) is -0.686. The number of hydrogen-bond donors (Lipinski definition) is 0. The van der Waals surface area contributed by atoms with Crippen LogP contribution in [-0.4, -0.2) is 89.0 Å². The standard InChI is InChI=1S/C53H61N3O6Si2/c1-52(2,3)63(42-21-11-7-12-22-42,43-23-13-8-14-24-43)61-36-31-48-46(29-19-33-54-48)50(57)56-35-38-59-39-41(56)40-60-51(58)47-30-20-34-55-49(47)32-37-62-64(53(4,5)6,44-25-15-9-16-26-44)45-27-17-10-18-28-45/h7-30,33-34,41H,31-32,35-40H2,1-6H3/t41-/m0/s1. The van der Waals surface area contributed by atoms with Crippen LogP contribution in [0.25, 0.3) is 0 Å². The van der Waals surface area contributed by atoms with E-state index in [9.17, 15) is 9.59 Å². The predicted molar refractivity (Wildman–Crippen MR) is 259 cm³/mol. The zero-order chi connectivity index (χ0) is 45.2. The molecule has 4 aromatic carbocycles. The van der Waals surface area contributed by atoms with Crippen molar-refractivity contribution in [3.8, 4) is 0 Å². The van der Waals surface area contributed by atoms with Crippen molar-refractivity contribution in [2.75, 3.05) is 39.6 Å². The molecule has 1 amide bonds. The van der Waals surface area contributed by atoms with Crippen molar-refractivity contribution >= 4 is 49.3 Å². The van der Waals surface area contributed by atoms with Crippen LogP contribution in [-0.2, 0) is 31.2 Å². The molecule has 1 aliphatic heterocycles. The van der Waals surface area contributed by atoms with Crippen molar-refractivity contribution in [2.24, 2.45) is 0 Å². The van der Waals surface area contributed by atoms with Crippen molar-refractivity contribution in [2.45, 2.75) is 70.5 Å². The van der Waals surface area contributed by atoms with Crippen molar-refractivity contribution in [3.05, 3.63) is 181 Å². The van der Waals surface area contributed by atoms with Gasteiger partial charge in [0.2, 0.25) is 0 Å². The highest BCUT2D eigenvalue weighted by atomic mass is 28.4. The Hall–Kier alpha value is -5.57. The number of amides is 1. The largest absolute Gasteiger partial charge is 0.460 e. The monoisotopic (exact) mass is 891 g/mol. The Morgan fingerprint density at radius 1 is 0.594 bits per heavy atom. The van der Waals surface area contributed by atoms with E-state index in [-0.39, 0.29) is 29.2 Å². The van der Waals surface area contributed by atoms with E-state index in [1.807, 2.05) is 30.3 Å². The molecular weight excluding hydrogens is 831 g/mol. The Morgan fingerprint density at radius 3 is 1.42 bits per heavy atom. The summed E-state index contributed by atoms with van der Waals surface area (Å²) in [6.45, 7) is 15.1. The number of pyridine rings is 2. The fraction of sp³-hybridized carbons (Fsp3) is 0.321. The van der Waals surface area contributed by atoms with Gasteiger partial charge in [-0.2, -0.15) is 0 Å². The molecular formula is C53H61N3O6Si2. The van der Waals surface area contributed by atoms with Crippen molar-refractivity contribution in [1.82, 2.24) is 14.9 Å². The molecule has 6 aromatic rings. The van der Waals surface area contributed by atoms with E-state index < -0.39 is 28.6 Å². The van der Waals surface area contributed by atoms with E-state index in [0.717, 1.165) is 0 Å². The molecule has 7 rings (SSSR count). The first-order valence-electron chi connectivity index (χ1n) is 22.3. The van der Waals surface area contributed by atoms with Crippen LogP contribution in [0.3, 0.4) is 0 Å². The zero-order valence-corrected chi connectivity index (χ0v) is 40.0. The van der Waals surface area contributed by atoms with E-state index in [0.29, 0.717) is 61.7 Å². The second kappa shape index (κ2) is 20.5. The maximum Gasteiger partial charge on any atom is 0.340 e. The minimum atomic E-state index is -2.79. The van der Waals surface area contributed by atoms with Gasteiger partial charge in [0.1, 0.15) is 6.61 Å². The molecule has 9 nitrogen and oxygen atoms in total. The number of carbonyl (C=O) groups excluding carboxylic acids is 2. The van der Waals surface area contributed by atoms with E-state index in [1.54, 1.807) is 35.5 Å². The maximum atomic E-state index is 14.5. The molecule has 2 aromatic heterocycles. The Bertz CT molecular complexity index is 2360. The van der Waals surface area contributed by atoms with Gasteiger partial charge in [-0.05, 0) is 55.1 Å². The van der Waals surface area contributed by atoms with Gasteiger partial charge in [-0.1, -0.05) is 163 Å². The Morgan fingerprint density at radius 2 is 1.00 bits per heavy atom. The molecule has 11 heteroatoms. The number of esters is 1. The number of nitrogens with zero attached hydrogens (tertiary/aromatic N) is 3. The molecule has 1 saturated heterocycles. The lowest BCUT2D eigenvalue weighted by atomic mass is 10.1. The lowest BCUT2D eigenvalue weighted by Gasteiger charge is -2.43. The van der Waals surface area contributed by atoms with Gasteiger partial charge >= 0.3 is 5.97 Å². The second-order valence-electron chi connectivity index (χ2n) is 18.3. The smallest absolute Gasteiger partial charge is 0.340 e. The van der Waals surface area contributed by atoms with Crippen LogP contribution in [0, 0.1) is 0 Å². The summed E-state index contributed by atoms with van der Waals surface area (Å²) in [6, 6.07) is 48.6. The highest BCUT2D eigenvalue weighted by Gasteiger charge is 2.51. The molecule has 3 heterocycles. The first kappa shape index (κ1) is 46.4. The lowest BCUT2D eigenvalue weighted by molar-refractivity contribution is -0.0263. The predicted octanol–water partition coefficient (Wildman–Crippen LogP) is 7.41. The van der Waals surface area contributed by atoms with Gasteiger partial charge in [0.25, 0.3) is 22.5 Å². The Balaban J connectivity index is 1.04. The molecule has 0 radical (unpaired) electrons. The molecule has 1 aliphatic rings. The van der Waals surface area contributed by atoms with E-state index in [1.165, 1.54) is 20.7 Å². The zero-order valence-electron chi connectivity index (χ0n) is 38.0. The number of carbonyl (C=O) groups is 2. The number of rotatable bonds is 16. The second-order valence-corrected chi connectivity index (χ2v) is 27.0. The Kier molecular flexibility index (Phi) is 14.9. The average molecular weight is 892 g/mol. The summed E-state index contributed by atoms with van der Waals surface area (Å²) in [6.07, 6.45) is 4.27. The fourth-order valence-electron chi connectivity index (χ4n) is 9.24. The third kappa shape index (κ3) is 9.89. The summed E-state index contributed by atoms with van der Waals surface area (Å²) in [5.41, 5.74) is 2.13. The van der Waals surface area contributed by atoms with Crippen molar-refractivity contribution in [3.63, 3.8) is 0 Å². The first-order valence-corrected chi connectivity index (χ1v) is 26.1. The molecule has 0 N–H and O–H groups in total. The fourth-order valence-corrected chi connectivity index (χ4v) is 18.4. The van der Waals surface area contributed by atoms with Crippen molar-refractivity contribution in [1.29, 1.82) is 0 Å². The number of ether oxygens (including phenoxy) is 2. The minimum absolute atomic E-state index is 0.0377. The van der Waals surface area contributed by atoms with Gasteiger partial charge in [-0.15, -0.1) is 0 Å². The van der Waals surface area contributed by atoms with E-state index in [2.05, 4.69) is 144 Å². The van der Waals surface area contributed by atoms with E-state index in [4.69, 9.17) is 23.3 Å².